The lowest BCUT2D eigenvalue weighted by molar-refractivity contribution is 0.277. The molecule has 1 unspecified atom stereocenters. The number of nitrogens with zero attached hydrogens (tertiary/aromatic N) is 3. The molecule has 7 heteroatoms. The predicted octanol–water partition coefficient (Wildman–Crippen LogP) is 1.61. The lowest BCUT2D eigenvalue weighted by Gasteiger charge is -2.27. The van der Waals surface area contributed by atoms with Crippen molar-refractivity contribution in [2.45, 2.75) is 62.9 Å². The van der Waals surface area contributed by atoms with Crippen molar-refractivity contribution in [1.29, 1.82) is 0 Å². The Hall–Kier alpha value is -0.920. The summed E-state index contributed by atoms with van der Waals surface area (Å²) in [6.07, 6.45) is 8.47. The van der Waals surface area contributed by atoms with Crippen LogP contribution in [0.3, 0.4) is 0 Å². The Morgan fingerprint density at radius 3 is 2.90 bits per heavy atom. The Balaban J connectivity index is 2.20. The Kier molecular flexibility index (Phi) is 5.78. The first-order valence-electron chi connectivity index (χ1n) is 7.74. The largest absolute Gasteiger partial charge is 0.396 e. The third kappa shape index (κ3) is 3.84. The maximum absolute atomic E-state index is 12.8. The molecule has 0 radical (unpaired) electrons. The molecule has 1 saturated heterocycles. The zero-order chi connectivity index (χ0) is 15.3. The van der Waals surface area contributed by atoms with Crippen LogP contribution < -0.4 is 0 Å². The molecule has 0 bridgehead atoms. The quantitative estimate of drug-likeness (QED) is 0.865. The van der Waals surface area contributed by atoms with Gasteiger partial charge in [-0.1, -0.05) is 19.8 Å². The van der Waals surface area contributed by atoms with Crippen LogP contribution in [0.25, 0.3) is 0 Å². The molecule has 0 saturated carbocycles. The van der Waals surface area contributed by atoms with E-state index in [1.807, 2.05) is 6.92 Å². The third-order valence-electron chi connectivity index (χ3n) is 4.06. The highest BCUT2D eigenvalue weighted by molar-refractivity contribution is 7.89. The fourth-order valence-corrected chi connectivity index (χ4v) is 4.57. The Bertz CT molecular complexity index is 541. The van der Waals surface area contributed by atoms with Gasteiger partial charge in [0, 0.05) is 31.9 Å². The number of aromatic nitrogens is 2. The zero-order valence-corrected chi connectivity index (χ0v) is 13.4. The van der Waals surface area contributed by atoms with E-state index in [1.165, 1.54) is 6.20 Å². The highest BCUT2D eigenvalue weighted by Crippen LogP contribution is 2.26. The van der Waals surface area contributed by atoms with Gasteiger partial charge < -0.3 is 5.11 Å². The van der Waals surface area contributed by atoms with Crippen molar-refractivity contribution in [1.82, 2.24) is 14.1 Å². The Morgan fingerprint density at radius 1 is 1.38 bits per heavy atom. The van der Waals surface area contributed by atoms with Crippen LogP contribution in [0.5, 0.6) is 0 Å². The summed E-state index contributed by atoms with van der Waals surface area (Å²) in [6, 6.07) is 0.0956. The van der Waals surface area contributed by atoms with Crippen molar-refractivity contribution in [3.05, 3.63) is 12.4 Å². The van der Waals surface area contributed by atoms with Gasteiger partial charge in [0.05, 0.1) is 6.20 Å². The average molecular weight is 315 g/mol. The van der Waals surface area contributed by atoms with Crippen LogP contribution in [0.1, 0.15) is 45.4 Å². The Labute approximate surface area is 126 Å². The van der Waals surface area contributed by atoms with E-state index in [-0.39, 0.29) is 17.5 Å². The molecule has 1 atom stereocenters. The van der Waals surface area contributed by atoms with E-state index in [0.717, 1.165) is 32.1 Å². The summed E-state index contributed by atoms with van der Waals surface area (Å²) in [7, 11) is -3.46. The molecule has 1 aliphatic rings. The minimum absolute atomic E-state index is 0.0754. The number of hydrogen-bond donors (Lipinski definition) is 1. The van der Waals surface area contributed by atoms with Crippen molar-refractivity contribution in [3.8, 4) is 0 Å². The van der Waals surface area contributed by atoms with Gasteiger partial charge in [0.2, 0.25) is 10.0 Å². The van der Waals surface area contributed by atoms with E-state index in [4.69, 9.17) is 5.11 Å². The van der Waals surface area contributed by atoms with E-state index in [2.05, 4.69) is 5.10 Å². The molecule has 6 nitrogen and oxygen atoms in total. The van der Waals surface area contributed by atoms with Crippen molar-refractivity contribution in [3.63, 3.8) is 0 Å². The van der Waals surface area contributed by atoms with Gasteiger partial charge in [0.25, 0.3) is 0 Å². The number of hydrogen-bond acceptors (Lipinski definition) is 4. The van der Waals surface area contributed by atoms with Crippen molar-refractivity contribution < 1.29 is 13.5 Å². The second kappa shape index (κ2) is 7.38. The monoisotopic (exact) mass is 315 g/mol. The predicted molar refractivity (Wildman–Crippen MR) is 80.4 cm³/mol. The lowest BCUT2D eigenvalue weighted by atomic mass is 10.1. The normalized spacial score (nSPS) is 21.3. The number of rotatable bonds is 6. The first-order valence-corrected chi connectivity index (χ1v) is 9.18. The summed E-state index contributed by atoms with van der Waals surface area (Å²) in [5.74, 6) is 0. The number of aryl methyl sites for hydroxylation is 1. The van der Waals surface area contributed by atoms with Gasteiger partial charge in [0.1, 0.15) is 4.90 Å². The summed E-state index contributed by atoms with van der Waals surface area (Å²) < 4.78 is 28.9. The van der Waals surface area contributed by atoms with Crippen LogP contribution >= 0.6 is 0 Å². The molecule has 21 heavy (non-hydrogen) atoms. The van der Waals surface area contributed by atoms with Crippen molar-refractivity contribution in [2.24, 2.45) is 0 Å². The fraction of sp³-hybridized carbons (Fsp3) is 0.786. The van der Waals surface area contributed by atoms with E-state index in [0.29, 0.717) is 19.5 Å². The molecule has 0 spiro atoms. The van der Waals surface area contributed by atoms with Crippen LogP contribution in [0.4, 0.5) is 0 Å². The standard InChI is InChI=1S/C14H25N3O3S/c1-2-13-7-4-3-5-9-17(13)21(19,20)14-11-15-16(12-14)8-6-10-18/h11-13,18H,2-10H2,1H3. The summed E-state index contributed by atoms with van der Waals surface area (Å²) in [4.78, 5) is 0.265. The highest BCUT2D eigenvalue weighted by atomic mass is 32.2. The molecule has 120 valence electrons. The summed E-state index contributed by atoms with van der Waals surface area (Å²) in [5.41, 5.74) is 0. The molecule has 1 N–H and O–H groups in total. The van der Waals surface area contributed by atoms with Crippen LogP contribution in [0, 0.1) is 0 Å². The molecule has 0 aliphatic carbocycles. The van der Waals surface area contributed by atoms with E-state index in [1.54, 1.807) is 15.2 Å². The molecule has 1 fully saturated rings. The third-order valence-corrected chi connectivity index (χ3v) is 5.96. The Morgan fingerprint density at radius 2 is 2.19 bits per heavy atom. The van der Waals surface area contributed by atoms with Gasteiger partial charge >= 0.3 is 0 Å². The number of sulfonamides is 1. The van der Waals surface area contributed by atoms with Crippen molar-refractivity contribution in [2.75, 3.05) is 13.2 Å². The van der Waals surface area contributed by atoms with E-state index < -0.39 is 10.0 Å². The average Bonchev–Trinajstić information content (AvgIpc) is 2.82. The molecule has 2 heterocycles. The molecule has 0 aromatic carbocycles. The maximum atomic E-state index is 12.8. The smallest absolute Gasteiger partial charge is 0.246 e. The minimum Gasteiger partial charge on any atom is -0.396 e. The van der Waals surface area contributed by atoms with Crippen LogP contribution in [-0.2, 0) is 16.6 Å². The summed E-state index contributed by atoms with van der Waals surface area (Å²) in [6.45, 7) is 3.25. The number of aliphatic hydroxyl groups excluding tert-OH is 1. The fourth-order valence-electron chi connectivity index (χ4n) is 2.84. The topological polar surface area (TPSA) is 75.4 Å². The van der Waals surface area contributed by atoms with Gasteiger partial charge in [-0.2, -0.15) is 9.40 Å². The maximum Gasteiger partial charge on any atom is 0.246 e. The van der Waals surface area contributed by atoms with E-state index >= 15 is 0 Å². The summed E-state index contributed by atoms with van der Waals surface area (Å²) >= 11 is 0. The van der Waals surface area contributed by atoms with Gasteiger partial charge in [-0.05, 0) is 25.7 Å². The second-order valence-corrected chi connectivity index (χ2v) is 7.43. The van der Waals surface area contributed by atoms with Gasteiger partial charge in [-0.25, -0.2) is 8.42 Å². The van der Waals surface area contributed by atoms with E-state index in [9.17, 15) is 8.42 Å². The second-order valence-electron chi connectivity index (χ2n) is 5.54. The molecule has 1 aromatic heterocycles. The molecule has 1 aliphatic heterocycles. The first-order chi connectivity index (χ1) is 10.1. The minimum atomic E-state index is -3.46. The number of aliphatic hydroxyl groups is 1. The van der Waals surface area contributed by atoms with Crippen LogP contribution in [0.15, 0.2) is 17.3 Å². The molecular weight excluding hydrogens is 290 g/mol. The first kappa shape index (κ1) is 16.5. The van der Waals surface area contributed by atoms with Gasteiger partial charge in [-0.3, -0.25) is 4.68 Å². The highest BCUT2D eigenvalue weighted by Gasteiger charge is 2.32. The van der Waals surface area contributed by atoms with Gasteiger partial charge in [-0.15, -0.1) is 0 Å². The molecule has 2 rings (SSSR count). The molecule has 1 aromatic rings. The summed E-state index contributed by atoms with van der Waals surface area (Å²) in [5, 5.41) is 12.9. The van der Waals surface area contributed by atoms with Gasteiger partial charge in [0.15, 0.2) is 0 Å². The zero-order valence-electron chi connectivity index (χ0n) is 12.6. The SMILES string of the molecule is CCC1CCCCCN1S(=O)(=O)c1cnn(CCCO)c1. The molecular formula is C14H25N3O3S. The van der Waals surface area contributed by atoms with Crippen LogP contribution in [0.2, 0.25) is 0 Å². The van der Waals surface area contributed by atoms with Crippen LogP contribution in [-0.4, -0.2) is 46.8 Å². The lowest BCUT2D eigenvalue weighted by Crippen LogP contribution is -2.39. The van der Waals surface area contributed by atoms with Crippen molar-refractivity contribution >= 4 is 10.0 Å². The molecule has 0 amide bonds.